The van der Waals surface area contributed by atoms with Crippen molar-refractivity contribution in [3.8, 4) is 12.1 Å². The Hall–Kier alpha value is -2.73. The van der Waals surface area contributed by atoms with Gasteiger partial charge in [-0.2, -0.15) is 10.5 Å². The van der Waals surface area contributed by atoms with Gasteiger partial charge < -0.3 is 0 Å². The molecular weight excluding hydrogens is 348 g/mol. The van der Waals surface area contributed by atoms with Crippen molar-refractivity contribution in [2.75, 3.05) is 0 Å². The second-order valence-corrected chi connectivity index (χ2v) is 7.77. The van der Waals surface area contributed by atoms with Crippen LogP contribution in [0.4, 0.5) is 0 Å². The molecule has 1 aliphatic heterocycles. The van der Waals surface area contributed by atoms with Crippen LogP contribution in [0.3, 0.4) is 0 Å². The predicted octanol–water partition coefficient (Wildman–Crippen LogP) is 5.10. The van der Waals surface area contributed by atoms with E-state index in [1.54, 1.807) is 18.2 Å². The van der Waals surface area contributed by atoms with Gasteiger partial charge >= 0.3 is 0 Å². The van der Waals surface area contributed by atoms with E-state index >= 15 is 0 Å². The van der Waals surface area contributed by atoms with E-state index in [1.807, 2.05) is 37.3 Å². The van der Waals surface area contributed by atoms with Crippen molar-refractivity contribution in [3.63, 3.8) is 0 Å². The maximum absolute atomic E-state index is 13.0. The fraction of sp³-hybridized carbons (Fsp3) is 0.0500. The number of allylic oxidation sites excluding steroid dienone is 3. The first-order valence-electron chi connectivity index (χ1n) is 7.53. The Labute approximate surface area is 153 Å². The molecule has 0 atom stereocenters. The van der Waals surface area contributed by atoms with Crippen molar-refractivity contribution >= 4 is 34.9 Å². The quantitative estimate of drug-likeness (QED) is 0.613. The van der Waals surface area contributed by atoms with E-state index < -0.39 is 0 Å². The zero-order valence-corrected chi connectivity index (χ0v) is 14.8. The van der Waals surface area contributed by atoms with Crippen molar-refractivity contribution in [2.45, 2.75) is 16.7 Å². The Kier molecular flexibility index (Phi) is 3.77. The zero-order chi connectivity index (χ0) is 17.6. The molecule has 0 N–H and O–H groups in total. The Bertz CT molecular complexity index is 1080. The molecule has 0 radical (unpaired) electrons. The maximum Gasteiger partial charge on any atom is 0.201 e. The van der Waals surface area contributed by atoms with Crippen molar-refractivity contribution in [3.05, 3.63) is 74.5 Å². The summed E-state index contributed by atoms with van der Waals surface area (Å²) in [6, 6.07) is 17.3. The molecule has 0 fully saturated rings. The highest BCUT2D eigenvalue weighted by atomic mass is 32.2. The summed E-state index contributed by atoms with van der Waals surface area (Å²) in [5.74, 6) is -0.0470. The van der Waals surface area contributed by atoms with Gasteiger partial charge in [-0.05, 0) is 30.2 Å². The van der Waals surface area contributed by atoms with Crippen LogP contribution < -0.4 is 0 Å². The number of hydrogen-bond acceptors (Lipinski definition) is 5. The third-order valence-electron chi connectivity index (χ3n) is 4.08. The minimum atomic E-state index is -0.0470. The van der Waals surface area contributed by atoms with Crippen LogP contribution in [-0.2, 0) is 0 Å². The molecule has 0 unspecified atom stereocenters. The van der Waals surface area contributed by atoms with E-state index in [-0.39, 0.29) is 11.4 Å². The highest BCUT2D eigenvalue weighted by Crippen LogP contribution is 2.55. The van der Waals surface area contributed by atoms with Gasteiger partial charge in [-0.15, -0.1) is 0 Å². The summed E-state index contributed by atoms with van der Waals surface area (Å²) >= 11 is 2.89. The van der Waals surface area contributed by atoms with E-state index in [2.05, 4.69) is 6.07 Å². The first-order chi connectivity index (χ1) is 12.1. The number of Topliss-reactive ketones (excluding diaryl/α,β-unsaturated/α-hetero) is 1. The third kappa shape index (κ3) is 2.41. The predicted molar refractivity (Wildman–Crippen MR) is 98.8 cm³/mol. The lowest BCUT2D eigenvalue weighted by atomic mass is 9.89. The van der Waals surface area contributed by atoms with Crippen LogP contribution in [-0.4, -0.2) is 5.78 Å². The third-order valence-corrected chi connectivity index (χ3v) is 6.68. The largest absolute Gasteiger partial charge is 0.288 e. The standard InChI is InChI=1S/C20H10N2OS2/c1-11-6-7-15-16(8-11)25-20-18(23)14-5-3-2-4-13(14)17(19(20)24-15)12(9-21)10-22/h2-8H,1H3. The number of nitrogens with zero attached hydrogens (tertiary/aromatic N) is 2. The van der Waals surface area contributed by atoms with Gasteiger partial charge in [-0.1, -0.05) is 53.9 Å². The van der Waals surface area contributed by atoms with Crippen LogP contribution in [0.1, 0.15) is 21.5 Å². The molecule has 1 aliphatic carbocycles. The summed E-state index contributed by atoms with van der Waals surface area (Å²) in [6.45, 7) is 2.02. The number of rotatable bonds is 0. The fourth-order valence-electron chi connectivity index (χ4n) is 2.93. The number of fused-ring (bicyclic) bond motifs is 2. The average Bonchev–Trinajstić information content (AvgIpc) is 2.64. The van der Waals surface area contributed by atoms with E-state index in [9.17, 15) is 15.3 Å². The number of thioether (sulfide) groups is 2. The number of carbonyl (C=O) groups excluding carboxylic acids is 1. The van der Waals surface area contributed by atoms with Gasteiger partial charge in [0.1, 0.15) is 17.7 Å². The lowest BCUT2D eigenvalue weighted by Crippen LogP contribution is -2.15. The van der Waals surface area contributed by atoms with Crippen LogP contribution in [0, 0.1) is 29.6 Å². The lowest BCUT2D eigenvalue weighted by molar-refractivity contribution is 0.104. The smallest absolute Gasteiger partial charge is 0.201 e. The number of carbonyl (C=O) groups is 1. The molecule has 0 saturated carbocycles. The molecule has 0 spiro atoms. The van der Waals surface area contributed by atoms with Crippen molar-refractivity contribution in [2.24, 2.45) is 0 Å². The number of nitriles is 2. The second-order valence-electron chi connectivity index (χ2n) is 5.66. The molecule has 2 aliphatic rings. The van der Waals surface area contributed by atoms with Gasteiger partial charge in [0.2, 0.25) is 5.78 Å². The molecule has 2 aromatic rings. The Morgan fingerprint density at radius 1 is 0.920 bits per heavy atom. The lowest BCUT2D eigenvalue weighted by Gasteiger charge is -2.28. The van der Waals surface area contributed by atoms with Crippen LogP contribution in [0.25, 0.3) is 5.57 Å². The molecular formula is C20H10N2OS2. The van der Waals surface area contributed by atoms with E-state index in [1.165, 1.54) is 23.5 Å². The van der Waals surface area contributed by atoms with Crippen molar-refractivity contribution < 1.29 is 4.79 Å². The van der Waals surface area contributed by atoms with E-state index in [4.69, 9.17) is 0 Å². The van der Waals surface area contributed by atoms with Gasteiger partial charge in [-0.25, -0.2) is 0 Å². The molecule has 1 heterocycles. The topological polar surface area (TPSA) is 64.7 Å². The van der Waals surface area contributed by atoms with E-state index in [0.717, 1.165) is 15.4 Å². The Morgan fingerprint density at radius 3 is 2.32 bits per heavy atom. The van der Waals surface area contributed by atoms with Crippen molar-refractivity contribution in [1.29, 1.82) is 10.5 Å². The van der Waals surface area contributed by atoms with Gasteiger partial charge in [0.25, 0.3) is 0 Å². The van der Waals surface area contributed by atoms with E-state index in [0.29, 0.717) is 26.5 Å². The highest BCUT2D eigenvalue weighted by Gasteiger charge is 2.35. The number of ketones is 1. The van der Waals surface area contributed by atoms with Gasteiger partial charge in [0.15, 0.2) is 0 Å². The molecule has 4 rings (SSSR count). The molecule has 0 bridgehead atoms. The summed E-state index contributed by atoms with van der Waals surface area (Å²) in [5.41, 5.74) is 2.94. The summed E-state index contributed by atoms with van der Waals surface area (Å²) < 4.78 is 0. The number of aryl methyl sites for hydroxylation is 1. The number of hydrogen-bond donors (Lipinski definition) is 0. The summed E-state index contributed by atoms with van der Waals surface area (Å²) in [4.78, 5) is 16.4. The zero-order valence-electron chi connectivity index (χ0n) is 13.2. The van der Waals surface area contributed by atoms with Crippen LogP contribution in [0.15, 0.2) is 67.6 Å². The molecule has 0 aromatic heterocycles. The number of benzene rings is 2. The Morgan fingerprint density at radius 2 is 1.60 bits per heavy atom. The molecule has 25 heavy (non-hydrogen) atoms. The SMILES string of the molecule is Cc1ccc2c(c1)SC1=C(S2)C(=C(C#N)C#N)c2ccccc2C1=O. The monoisotopic (exact) mass is 358 g/mol. The van der Waals surface area contributed by atoms with Crippen LogP contribution in [0.5, 0.6) is 0 Å². The van der Waals surface area contributed by atoms with Crippen LogP contribution >= 0.6 is 23.5 Å². The molecule has 3 nitrogen and oxygen atoms in total. The fourth-order valence-corrected chi connectivity index (χ4v) is 5.48. The average molecular weight is 358 g/mol. The summed E-state index contributed by atoms with van der Waals surface area (Å²) in [6.07, 6.45) is 0. The second kappa shape index (κ2) is 5.97. The highest BCUT2D eigenvalue weighted by molar-refractivity contribution is 8.10. The van der Waals surface area contributed by atoms with Crippen molar-refractivity contribution in [1.82, 2.24) is 0 Å². The van der Waals surface area contributed by atoms with Gasteiger partial charge in [-0.3, -0.25) is 4.79 Å². The van der Waals surface area contributed by atoms with Gasteiger partial charge in [0.05, 0.1) is 4.91 Å². The molecule has 0 saturated heterocycles. The molecule has 0 amide bonds. The molecule has 5 heteroatoms. The van der Waals surface area contributed by atoms with Gasteiger partial charge in [0, 0.05) is 25.8 Å². The summed E-state index contributed by atoms with van der Waals surface area (Å²) in [5, 5.41) is 18.9. The first kappa shape index (κ1) is 15.8. The molecule has 2 aromatic carbocycles. The first-order valence-corrected chi connectivity index (χ1v) is 9.17. The Balaban J connectivity index is 2.01. The minimum absolute atomic E-state index is 0.0381. The summed E-state index contributed by atoms with van der Waals surface area (Å²) in [7, 11) is 0. The normalized spacial score (nSPS) is 14.8. The maximum atomic E-state index is 13.0. The molecule has 118 valence electrons. The minimum Gasteiger partial charge on any atom is -0.288 e. The van der Waals surface area contributed by atoms with Crippen LogP contribution in [0.2, 0.25) is 0 Å².